The Labute approximate surface area is 153 Å². The van der Waals surface area contributed by atoms with Crippen LogP contribution >= 0.6 is 11.6 Å². The van der Waals surface area contributed by atoms with Gasteiger partial charge in [-0.15, -0.1) is 0 Å². The lowest BCUT2D eigenvalue weighted by molar-refractivity contribution is -0.386. The van der Waals surface area contributed by atoms with E-state index in [4.69, 9.17) is 16.3 Å². The van der Waals surface area contributed by atoms with Crippen molar-refractivity contribution in [3.63, 3.8) is 0 Å². The van der Waals surface area contributed by atoms with Gasteiger partial charge in [-0.05, 0) is 32.9 Å². The number of nitrogens with one attached hydrogen (secondary N) is 1. The van der Waals surface area contributed by atoms with E-state index in [1.807, 2.05) is 0 Å². The number of hydrogen-bond donors (Lipinski definition) is 1. The van der Waals surface area contributed by atoms with Gasteiger partial charge in [-0.1, -0.05) is 11.6 Å². The van der Waals surface area contributed by atoms with E-state index in [0.717, 1.165) is 0 Å². The third-order valence-electron chi connectivity index (χ3n) is 3.46. The van der Waals surface area contributed by atoms with E-state index in [1.54, 1.807) is 6.07 Å². The summed E-state index contributed by atoms with van der Waals surface area (Å²) < 4.78 is 6.21. The molecular formula is C15H16ClN5O5. The van der Waals surface area contributed by atoms with Crippen LogP contribution in [0, 0.1) is 24.0 Å². The highest BCUT2D eigenvalue weighted by atomic mass is 35.5. The minimum absolute atomic E-state index is 0.155. The molecule has 10 nitrogen and oxygen atoms in total. The van der Waals surface area contributed by atoms with Crippen molar-refractivity contribution >= 4 is 35.0 Å². The first kappa shape index (κ1) is 19.3. The molecule has 0 spiro atoms. The second kappa shape index (κ2) is 7.91. The van der Waals surface area contributed by atoms with Gasteiger partial charge < -0.3 is 10.1 Å². The van der Waals surface area contributed by atoms with Crippen LogP contribution in [-0.2, 0) is 20.9 Å². The Morgan fingerprint density at radius 1 is 1.42 bits per heavy atom. The number of hydrogen-bond acceptors (Lipinski definition) is 7. The molecule has 2 aromatic rings. The van der Waals surface area contributed by atoms with Crippen LogP contribution in [-0.4, -0.2) is 37.7 Å². The number of esters is 1. The number of amides is 1. The molecule has 26 heavy (non-hydrogen) atoms. The molecule has 1 atom stereocenters. The standard InChI is InChI=1S/C15H16ClN5O5/c1-8-14(21(24)25)9(2)20(19-8)7-13(22)26-10(3)15(23)18-12-5-4-11(16)6-17-12/h4-6,10H,7H2,1-3H3,(H,17,18,23)/t10-/m0/s1. The molecule has 0 radical (unpaired) electrons. The summed E-state index contributed by atoms with van der Waals surface area (Å²) in [4.78, 5) is 38.3. The molecule has 1 N–H and O–H groups in total. The summed E-state index contributed by atoms with van der Waals surface area (Å²) in [6.07, 6.45) is 0.274. The molecular weight excluding hydrogens is 366 g/mol. The summed E-state index contributed by atoms with van der Waals surface area (Å²) in [5.74, 6) is -1.07. The number of pyridine rings is 1. The minimum atomic E-state index is -1.09. The molecule has 2 rings (SSSR count). The van der Waals surface area contributed by atoms with E-state index in [-0.39, 0.29) is 29.4 Å². The minimum Gasteiger partial charge on any atom is -0.451 e. The molecule has 0 bridgehead atoms. The predicted molar refractivity (Wildman–Crippen MR) is 91.8 cm³/mol. The molecule has 2 heterocycles. The zero-order valence-electron chi connectivity index (χ0n) is 14.2. The van der Waals surface area contributed by atoms with Crippen LogP contribution in [0.1, 0.15) is 18.3 Å². The number of anilines is 1. The second-order valence-corrected chi connectivity index (χ2v) is 5.85. The van der Waals surface area contributed by atoms with E-state index in [9.17, 15) is 19.7 Å². The van der Waals surface area contributed by atoms with Gasteiger partial charge in [0, 0.05) is 6.20 Å². The van der Waals surface area contributed by atoms with Gasteiger partial charge in [0.1, 0.15) is 23.8 Å². The van der Waals surface area contributed by atoms with E-state index < -0.39 is 22.9 Å². The van der Waals surface area contributed by atoms with Crippen LogP contribution in [0.25, 0.3) is 0 Å². The van der Waals surface area contributed by atoms with Gasteiger partial charge in [-0.3, -0.25) is 24.4 Å². The molecule has 0 saturated carbocycles. The zero-order chi connectivity index (χ0) is 19.4. The van der Waals surface area contributed by atoms with Crippen molar-refractivity contribution in [3.05, 3.63) is 44.9 Å². The van der Waals surface area contributed by atoms with Crippen molar-refractivity contribution in [3.8, 4) is 0 Å². The van der Waals surface area contributed by atoms with Crippen molar-refractivity contribution in [2.75, 3.05) is 5.32 Å². The largest absolute Gasteiger partial charge is 0.451 e. The Morgan fingerprint density at radius 3 is 2.65 bits per heavy atom. The summed E-state index contributed by atoms with van der Waals surface area (Å²) in [5.41, 5.74) is 0.268. The monoisotopic (exact) mass is 381 g/mol. The van der Waals surface area contributed by atoms with E-state index in [1.165, 1.54) is 37.7 Å². The van der Waals surface area contributed by atoms with Gasteiger partial charge in [0.2, 0.25) is 0 Å². The first-order chi connectivity index (χ1) is 12.2. The molecule has 0 unspecified atom stereocenters. The maximum absolute atomic E-state index is 12.0. The van der Waals surface area contributed by atoms with Gasteiger partial charge in [0.25, 0.3) is 5.91 Å². The lowest BCUT2D eigenvalue weighted by Gasteiger charge is -2.13. The normalized spacial score (nSPS) is 11.7. The maximum Gasteiger partial charge on any atom is 0.328 e. The van der Waals surface area contributed by atoms with Crippen molar-refractivity contribution < 1.29 is 19.2 Å². The van der Waals surface area contributed by atoms with Gasteiger partial charge in [-0.2, -0.15) is 5.10 Å². The Morgan fingerprint density at radius 2 is 2.12 bits per heavy atom. The third-order valence-corrected chi connectivity index (χ3v) is 3.68. The summed E-state index contributed by atoms with van der Waals surface area (Å²) >= 11 is 5.71. The number of carbonyl (C=O) groups excluding carboxylic acids is 2. The SMILES string of the molecule is Cc1nn(CC(=O)O[C@@H](C)C(=O)Nc2ccc(Cl)cn2)c(C)c1[N+](=O)[O-]. The first-order valence-electron chi connectivity index (χ1n) is 7.49. The Kier molecular flexibility index (Phi) is 5.88. The second-order valence-electron chi connectivity index (χ2n) is 5.42. The van der Waals surface area contributed by atoms with Crippen LogP contribution in [0.3, 0.4) is 0 Å². The predicted octanol–water partition coefficient (Wildman–Crippen LogP) is 2.03. The molecule has 11 heteroatoms. The Balaban J connectivity index is 1.96. The highest BCUT2D eigenvalue weighted by Gasteiger charge is 2.24. The topological polar surface area (TPSA) is 129 Å². The third kappa shape index (κ3) is 4.54. The maximum atomic E-state index is 12.0. The molecule has 0 aliphatic carbocycles. The number of aromatic nitrogens is 3. The number of carbonyl (C=O) groups is 2. The summed E-state index contributed by atoms with van der Waals surface area (Å²) in [7, 11) is 0. The fraction of sp³-hybridized carbons (Fsp3) is 0.333. The smallest absolute Gasteiger partial charge is 0.328 e. The molecule has 0 saturated heterocycles. The zero-order valence-corrected chi connectivity index (χ0v) is 15.0. The highest BCUT2D eigenvalue weighted by Crippen LogP contribution is 2.21. The van der Waals surface area contributed by atoms with Crippen molar-refractivity contribution in [1.82, 2.24) is 14.8 Å². The lowest BCUT2D eigenvalue weighted by Crippen LogP contribution is -2.31. The first-order valence-corrected chi connectivity index (χ1v) is 7.87. The van der Waals surface area contributed by atoms with Crippen LogP contribution < -0.4 is 5.32 Å². The van der Waals surface area contributed by atoms with Gasteiger partial charge >= 0.3 is 11.7 Å². The van der Waals surface area contributed by atoms with E-state index >= 15 is 0 Å². The van der Waals surface area contributed by atoms with Gasteiger partial charge in [0.05, 0.1) is 9.95 Å². The molecule has 0 aliphatic heterocycles. The molecule has 138 valence electrons. The summed E-state index contributed by atoms with van der Waals surface area (Å²) in [5, 5.41) is 17.8. The molecule has 0 fully saturated rings. The highest BCUT2D eigenvalue weighted by molar-refractivity contribution is 6.30. The van der Waals surface area contributed by atoms with E-state index in [2.05, 4.69) is 15.4 Å². The number of ether oxygens (including phenoxy) is 1. The number of rotatable bonds is 6. The van der Waals surface area contributed by atoms with Crippen LogP contribution in [0.5, 0.6) is 0 Å². The Hall–Kier alpha value is -3.01. The van der Waals surface area contributed by atoms with Gasteiger partial charge in [-0.25, -0.2) is 4.98 Å². The van der Waals surface area contributed by atoms with Gasteiger partial charge in [0.15, 0.2) is 6.10 Å². The quantitative estimate of drug-likeness (QED) is 0.460. The van der Waals surface area contributed by atoms with Crippen LogP contribution in [0.2, 0.25) is 5.02 Å². The van der Waals surface area contributed by atoms with Crippen LogP contribution in [0.15, 0.2) is 18.3 Å². The van der Waals surface area contributed by atoms with E-state index in [0.29, 0.717) is 5.02 Å². The summed E-state index contributed by atoms with van der Waals surface area (Å²) in [6, 6.07) is 3.06. The fourth-order valence-electron chi connectivity index (χ4n) is 2.19. The average Bonchev–Trinajstić information content (AvgIpc) is 2.83. The Bertz CT molecular complexity index is 849. The molecule has 1 amide bonds. The van der Waals surface area contributed by atoms with Crippen molar-refractivity contribution in [1.29, 1.82) is 0 Å². The number of nitro groups is 1. The number of halogens is 1. The average molecular weight is 382 g/mol. The molecule has 0 aromatic carbocycles. The molecule has 0 aliphatic rings. The van der Waals surface area contributed by atoms with Crippen molar-refractivity contribution in [2.24, 2.45) is 0 Å². The fourth-order valence-corrected chi connectivity index (χ4v) is 2.31. The van der Waals surface area contributed by atoms with Crippen molar-refractivity contribution in [2.45, 2.75) is 33.4 Å². The lowest BCUT2D eigenvalue weighted by atomic mass is 10.3. The number of nitrogens with zero attached hydrogens (tertiary/aromatic N) is 4. The summed E-state index contributed by atoms with van der Waals surface area (Å²) in [6.45, 7) is 4.00. The molecule has 2 aromatic heterocycles. The number of aryl methyl sites for hydroxylation is 1. The van der Waals surface area contributed by atoms with Crippen LogP contribution in [0.4, 0.5) is 11.5 Å².